The summed E-state index contributed by atoms with van der Waals surface area (Å²) in [4.78, 5) is 11.9. The van der Waals surface area contributed by atoms with E-state index < -0.39 is 0 Å². The number of carbonyl (C=O) groups excluding carboxylic acids is 1. The monoisotopic (exact) mass is 224 g/mol. The number of hydrogen-bond donors (Lipinski definition) is 2. The van der Waals surface area contributed by atoms with E-state index in [1.54, 1.807) is 0 Å². The SMILES string of the molecule is NCC1(CC(=O)NC2CCCCC2)CCC1. The first kappa shape index (κ1) is 11.9. The van der Waals surface area contributed by atoms with Gasteiger partial charge in [-0.1, -0.05) is 25.7 Å². The van der Waals surface area contributed by atoms with Crippen LogP contribution in [0.3, 0.4) is 0 Å². The van der Waals surface area contributed by atoms with Gasteiger partial charge in [-0.15, -0.1) is 0 Å². The van der Waals surface area contributed by atoms with Crippen molar-refractivity contribution in [2.75, 3.05) is 6.54 Å². The van der Waals surface area contributed by atoms with E-state index in [1.807, 2.05) is 0 Å². The fourth-order valence-corrected chi connectivity index (χ4v) is 3.00. The Hall–Kier alpha value is -0.570. The van der Waals surface area contributed by atoms with Crippen LogP contribution in [0.4, 0.5) is 0 Å². The van der Waals surface area contributed by atoms with Crippen molar-refractivity contribution >= 4 is 5.91 Å². The van der Waals surface area contributed by atoms with E-state index in [9.17, 15) is 4.79 Å². The van der Waals surface area contributed by atoms with Crippen molar-refractivity contribution in [2.24, 2.45) is 11.1 Å². The Bertz CT molecular complexity index is 237. The summed E-state index contributed by atoms with van der Waals surface area (Å²) < 4.78 is 0. The van der Waals surface area contributed by atoms with Crippen LogP contribution in [0.5, 0.6) is 0 Å². The lowest BCUT2D eigenvalue weighted by molar-refractivity contribution is -0.125. The second-order valence-electron chi connectivity index (χ2n) is 5.64. The van der Waals surface area contributed by atoms with Crippen molar-refractivity contribution in [3.63, 3.8) is 0 Å². The molecule has 16 heavy (non-hydrogen) atoms. The quantitative estimate of drug-likeness (QED) is 0.767. The first-order chi connectivity index (χ1) is 7.74. The van der Waals surface area contributed by atoms with Gasteiger partial charge in [0.25, 0.3) is 0 Å². The van der Waals surface area contributed by atoms with Gasteiger partial charge in [-0.3, -0.25) is 4.79 Å². The van der Waals surface area contributed by atoms with Crippen LogP contribution in [0.1, 0.15) is 57.8 Å². The van der Waals surface area contributed by atoms with Crippen LogP contribution in [0.2, 0.25) is 0 Å². The molecular formula is C13H24N2O. The molecule has 2 rings (SSSR count). The van der Waals surface area contributed by atoms with Gasteiger partial charge in [0.1, 0.15) is 0 Å². The van der Waals surface area contributed by atoms with Crippen molar-refractivity contribution < 1.29 is 4.79 Å². The molecule has 1 amide bonds. The molecule has 0 saturated heterocycles. The fourth-order valence-electron chi connectivity index (χ4n) is 3.00. The van der Waals surface area contributed by atoms with E-state index in [1.165, 1.54) is 38.5 Å². The standard InChI is InChI=1S/C13H24N2O/c14-10-13(7-4-8-13)9-12(16)15-11-5-2-1-3-6-11/h11H,1-10,14H2,(H,15,16). The molecule has 0 spiro atoms. The molecule has 0 bridgehead atoms. The van der Waals surface area contributed by atoms with E-state index in [4.69, 9.17) is 5.73 Å². The minimum absolute atomic E-state index is 0.152. The molecule has 0 unspecified atom stereocenters. The number of hydrogen-bond acceptors (Lipinski definition) is 2. The number of carbonyl (C=O) groups is 1. The molecule has 0 aromatic carbocycles. The largest absolute Gasteiger partial charge is 0.353 e. The van der Waals surface area contributed by atoms with Gasteiger partial charge in [-0.05, 0) is 37.6 Å². The lowest BCUT2D eigenvalue weighted by Gasteiger charge is -2.40. The number of nitrogens with one attached hydrogen (secondary N) is 1. The third-order valence-electron chi connectivity index (χ3n) is 4.35. The van der Waals surface area contributed by atoms with Crippen LogP contribution in [-0.4, -0.2) is 18.5 Å². The second kappa shape index (κ2) is 5.17. The van der Waals surface area contributed by atoms with Crippen molar-refractivity contribution in [2.45, 2.75) is 63.8 Å². The lowest BCUT2D eigenvalue weighted by Crippen LogP contribution is -2.44. The molecular weight excluding hydrogens is 200 g/mol. The summed E-state index contributed by atoms with van der Waals surface area (Å²) in [5, 5.41) is 3.18. The summed E-state index contributed by atoms with van der Waals surface area (Å²) in [5.41, 5.74) is 5.92. The molecule has 3 N–H and O–H groups in total. The predicted octanol–water partition coefficient (Wildman–Crippen LogP) is 1.95. The van der Waals surface area contributed by atoms with Gasteiger partial charge in [-0.25, -0.2) is 0 Å². The normalized spacial score (nSPS) is 24.8. The highest BCUT2D eigenvalue weighted by Crippen LogP contribution is 2.42. The van der Waals surface area contributed by atoms with E-state index in [-0.39, 0.29) is 11.3 Å². The van der Waals surface area contributed by atoms with E-state index in [0.29, 0.717) is 19.0 Å². The van der Waals surface area contributed by atoms with Crippen LogP contribution in [0.15, 0.2) is 0 Å². The number of nitrogens with two attached hydrogens (primary N) is 1. The lowest BCUT2D eigenvalue weighted by atomic mass is 9.66. The molecule has 0 aliphatic heterocycles. The van der Waals surface area contributed by atoms with Gasteiger partial charge >= 0.3 is 0 Å². The average molecular weight is 224 g/mol. The first-order valence-corrected chi connectivity index (χ1v) is 6.74. The zero-order valence-corrected chi connectivity index (χ0v) is 10.1. The van der Waals surface area contributed by atoms with Crippen LogP contribution in [-0.2, 0) is 4.79 Å². The molecule has 2 fully saturated rings. The average Bonchev–Trinajstić information content (AvgIpc) is 2.25. The highest BCUT2D eigenvalue weighted by atomic mass is 16.1. The predicted molar refractivity (Wildman–Crippen MR) is 65.0 cm³/mol. The molecule has 3 heteroatoms. The van der Waals surface area contributed by atoms with Crippen molar-refractivity contribution in [3.8, 4) is 0 Å². The Morgan fingerprint density at radius 2 is 1.88 bits per heavy atom. The van der Waals surface area contributed by atoms with E-state index >= 15 is 0 Å². The topological polar surface area (TPSA) is 55.1 Å². The summed E-state index contributed by atoms with van der Waals surface area (Å²) in [6, 6.07) is 0.441. The third kappa shape index (κ3) is 2.76. The van der Waals surface area contributed by atoms with E-state index in [2.05, 4.69) is 5.32 Å². The zero-order chi connectivity index (χ0) is 11.4. The minimum Gasteiger partial charge on any atom is -0.353 e. The number of rotatable bonds is 4. The summed E-state index contributed by atoms with van der Waals surface area (Å²) >= 11 is 0. The molecule has 0 heterocycles. The maximum Gasteiger partial charge on any atom is 0.220 e. The summed E-state index contributed by atoms with van der Waals surface area (Å²) in [7, 11) is 0. The molecule has 0 atom stereocenters. The third-order valence-corrected chi connectivity index (χ3v) is 4.35. The van der Waals surface area contributed by atoms with Gasteiger partial charge in [0.15, 0.2) is 0 Å². The fraction of sp³-hybridized carbons (Fsp3) is 0.923. The molecule has 2 aliphatic rings. The smallest absolute Gasteiger partial charge is 0.220 e. The molecule has 2 aliphatic carbocycles. The Morgan fingerprint density at radius 1 is 1.19 bits per heavy atom. The molecule has 3 nitrogen and oxygen atoms in total. The Morgan fingerprint density at radius 3 is 2.38 bits per heavy atom. The van der Waals surface area contributed by atoms with Crippen LogP contribution >= 0.6 is 0 Å². The first-order valence-electron chi connectivity index (χ1n) is 6.74. The molecule has 0 aromatic rings. The molecule has 0 radical (unpaired) electrons. The van der Waals surface area contributed by atoms with Crippen LogP contribution in [0.25, 0.3) is 0 Å². The van der Waals surface area contributed by atoms with Crippen LogP contribution in [0, 0.1) is 5.41 Å². The van der Waals surface area contributed by atoms with Crippen LogP contribution < -0.4 is 11.1 Å². The maximum atomic E-state index is 11.9. The van der Waals surface area contributed by atoms with Gasteiger partial charge in [0.2, 0.25) is 5.91 Å². The van der Waals surface area contributed by atoms with Gasteiger partial charge in [0, 0.05) is 12.5 Å². The van der Waals surface area contributed by atoms with Crippen molar-refractivity contribution in [1.29, 1.82) is 0 Å². The Kier molecular flexibility index (Phi) is 3.85. The van der Waals surface area contributed by atoms with E-state index in [0.717, 1.165) is 12.8 Å². The van der Waals surface area contributed by atoms with Gasteiger partial charge in [0.05, 0.1) is 0 Å². The van der Waals surface area contributed by atoms with Crippen molar-refractivity contribution in [1.82, 2.24) is 5.32 Å². The Labute approximate surface area is 98.2 Å². The molecule has 2 saturated carbocycles. The Balaban J connectivity index is 1.74. The number of amides is 1. The highest BCUT2D eigenvalue weighted by molar-refractivity contribution is 5.77. The molecule has 92 valence electrons. The molecule has 0 aromatic heterocycles. The second-order valence-corrected chi connectivity index (χ2v) is 5.64. The van der Waals surface area contributed by atoms with Gasteiger partial charge in [-0.2, -0.15) is 0 Å². The summed E-state index contributed by atoms with van der Waals surface area (Å²) in [5.74, 6) is 0.233. The summed E-state index contributed by atoms with van der Waals surface area (Å²) in [6.07, 6.45) is 10.4. The van der Waals surface area contributed by atoms with Crippen molar-refractivity contribution in [3.05, 3.63) is 0 Å². The zero-order valence-electron chi connectivity index (χ0n) is 10.1. The summed E-state index contributed by atoms with van der Waals surface area (Å²) in [6.45, 7) is 0.672. The highest BCUT2D eigenvalue weighted by Gasteiger charge is 2.37. The van der Waals surface area contributed by atoms with Gasteiger partial charge < -0.3 is 11.1 Å². The minimum atomic E-state index is 0.152. The maximum absolute atomic E-state index is 11.9.